The minimum atomic E-state index is 0.778. The van der Waals surface area contributed by atoms with E-state index in [0.717, 1.165) is 26.4 Å². The highest BCUT2D eigenvalue weighted by Crippen LogP contribution is 2.19. The Balaban J connectivity index is 0.000000138. The fourth-order valence-electron chi connectivity index (χ4n) is 2.12. The van der Waals surface area contributed by atoms with E-state index in [1.54, 1.807) is 11.1 Å². The van der Waals surface area contributed by atoms with Crippen LogP contribution in [0.2, 0.25) is 0 Å². The van der Waals surface area contributed by atoms with Gasteiger partial charge in [0.2, 0.25) is 0 Å². The second-order valence-corrected chi connectivity index (χ2v) is 4.20. The van der Waals surface area contributed by atoms with Gasteiger partial charge in [0.15, 0.2) is 0 Å². The van der Waals surface area contributed by atoms with Crippen LogP contribution >= 0.6 is 0 Å². The summed E-state index contributed by atoms with van der Waals surface area (Å²) >= 11 is 0. The second-order valence-electron chi connectivity index (χ2n) is 4.20. The van der Waals surface area contributed by atoms with Gasteiger partial charge in [0.25, 0.3) is 0 Å². The standard InChI is InChI=1S/C10H12.C4H8O2/c1-2-6-10-8-4-3-7-9(10)5-1;1-2-6-4-3-5-1/h1-2,5-6H,3-4,7-8H2;1-4H2. The molecule has 1 aliphatic carbocycles. The number of hydrogen-bond acceptors (Lipinski definition) is 2. The van der Waals surface area contributed by atoms with E-state index in [0.29, 0.717) is 0 Å². The number of fused-ring (bicyclic) bond motifs is 1. The Kier molecular flexibility index (Phi) is 4.84. The molecule has 88 valence electrons. The molecule has 0 spiro atoms. The molecule has 0 aromatic heterocycles. The maximum atomic E-state index is 4.94. The van der Waals surface area contributed by atoms with Crippen LogP contribution in [0.3, 0.4) is 0 Å². The van der Waals surface area contributed by atoms with Gasteiger partial charge in [-0.3, -0.25) is 0 Å². The van der Waals surface area contributed by atoms with Crippen molar-refractivity contribution in [2.75, 3.05) is 26.4 Å². The Labute approximate surface area is 97.6 Å². The summed E-state index contributed by atoms with van der Waals surface area (Å²) in [6.45, 7) is 3.11. The Bertz CT molecular complexity index is 269. The van der Waals surface area contributed by atoms with Crippen molar-refractivity contribution in [1.82, 2.24) is 0 Å². The average Bonchev–Trinajstić information content (AvgIpc) is 2.42. The van der Waals surface area contributed by atoms with Crippen LogP contribution < -0.4 is 0 Å². The van der Waals surface area contributed by atoms with Gasteiger partial charge in [-0.15, -0.1) is 0 Å². The smallest absolute Gasteiger partial charge is 0.0701 e. The minimum absolute atomic E-state index is 0.778. The van der Waals surface area contributed by atoms with E-state index in [4.69, 9.17) is 9.47 Å². The lowest BCUT2D eigenvalue weighted by Gasteiger charge is -2.13. The molecule has 1 saturated heterocycles. The van der Waals surface area contributed by atoms with Gasteiger partial charge in [-0.05, 0) is 36.8 Å². The normalized spacial score (nSPS) is 19.2. The molecule has 0 radical (unpaired) electrons. The second kappa shape index (κ2) is 6.66. The zero-order chi connectivity index (χ0) is 11.1. The van der Waals surface area contributed by atoms with Gasteiger partial charge >= 0.3 is 0 Å². The van der Waals surface area contributed by atoms with Crippen molar-refractivity contribution in [3.8, 4) is 0 Å². The molecule has 2 aliphatic rings. The highest BCUT2D eigenvalue weighted by atomic mass is 16.6. The molecule has 16 heavy (non-hydrogen) atoms. The van der Waals surface area contributed by atoms with Crippen molar-refractivity contribution in [3.63, 3.8) is 0 Å². The van der Waals surface area contributed by atoms with Gasteiger partial charge in [-0.25, -0.2) is 0 Å². The monoisotopic (exact) mass is 220 g/mol. The SMILES string of the molecule is C1COCCO1.c1ccc2c(c1)CCCC2. The number of hydrogen-bond donors (Lipinski definition) is 0. The van der Waals surface area contributed by atoms with E-state index in [1.165, 1.54) is 25.7 Å². The molecule has 3 rings (SSSR count). The topological polar surface area (TPSA) is 18.5 Å². The summed E-state index contributed by atoms with van der Waals surface area (Å²) in [5.41, 5.74) is 3.16. The summed E-state index contributed by atoms with van der Waals surface area (Å²) in [6.07, 6.45) is 5.38. The third-order valence-corrected chi connectivity index (χ3v) is 3.00. The van der Waals surface area contributed by atoms with Gasteiger partial charge in [0.1, 0.15) is 0 Å². The molecule has 0 amide bonds. The number of benzene rings is 1. The molecule has 0 bridgehead atoms. The number of aryl methyl sites for hydroxylation is 2. The molecule has 0 unspecified atom stereocenters. The van der Waals surface area contributed by atoms with Crippen molar-refractivity contribution in [1.29, 1.82) is 0 Å². The maximum absolute atomic E-state index is 4.94. The lowest BCUT2D eigenvalue weighted by atomic mass is 9.92. The zero-order valence-electron chi connectivity index (χ0n) is 9.78. The zero-order valence-corrected chi connectivity index (χ0v) is 9.78. The molecule has 2 heteroatoms. The molecule has 1 aliphatic heterocycles. The number of ether oxygens (including phenoxy) is 2. The molecular weight excluding hydrogens is 200 g/mol. The highest BCUT2D eigenvalue weighted by Gasteiger charge is 2.05. The molecular formula is C14H20O2. The lowest BCUT2D eigenvalue weighted by Crippen LogP contribution is -2.16. The Hall–Kier alpha value is -0.860. The Morgan fingerprint density at radius 2 is 1.12 bits per heavy atom. The molecule has 1 fully saturated rings. The summed E-state index contributed by atoms with van der Waals surface area (Å²) in [4.78, 5) is 0. The summed E-state index contributed by atoms with van der Waals surface area (Å²) in [7, 11) is 0. The molecule has 0 atom stereocenters. The highest BCUT2D eigenvalue weighted by molar-refractivity contribution is 5.28. The largest absolute Gasteiger partial charge is 0.377 e. The Morgan fingerprint density at radius 3 is 1.50 bits per heavy atom. The summed E-state index contributed by atoms with van der Waals surface area (Å²) in [5.74, 6) is 0. The Morgan fingerprint density at radius 1 is 0.688 bits per heavy atom. The van der Waals surface area contributed by atoms with Gasteiger partial charge in [-0.2, -0.15) is 0 Å². The summed E-state index contributed by atoms with van der Waals surface area (Å²) in [6, 6.07) is 8.80. The molecule has 0 saturated carbocycles. The van der Waals surface area contributed by atoms with E-state index in [-0.39, 0.29) is 0 Å². The van der Waals surface area contributed by atoms with Crippen LogP contribution in [0.25, 0.3) is 0 Å². The van der Waals surface area contributed by atoms with Gasteiger partial charge in [0.05, 0.1) is 26.4 Å². The first-order valence-corrected chi connectivity index (χ1v) is 6.19. The van der Waals surface area contributed by atoms with Crippen LogP contribution in [0.15, 0.2) is 24.3 Å². The van der Waals surface area contributed by atoms with E-state index in [1.807, 2.05) is 0 Å². The van der Waals surface area contributed by atoms with E-state index in [9.17, 15) is 0 Å². The molecule has 1 aromatic rings. The third-order valence-electron chi connectivity index (χ3n) is 3.00. The predicted molar refractivity (Wildman–Crippen MR) is 64.7 cm³/mol. The van der Waals surface area contributed by atoms with Crippen LogP contribution in [0.1, 0.15) is 24.0 Å². The average molecular weight is 220 g/mol. The minimum Gasteiger partial charge on any atom is -0.377 e. The van der Waals surface area contributed by atoms with Crippen molar-refractivity contribution in [2.24, 2.45) is 0 Å². The van der Waals surface area contributed by atoms with Gasteiger partial charge in [0, 0.05) is 0 Å². The summed E-state index contributed by atoms with van der Waals surface area (Å²) in [5, 5.41) is 0. The third kappa shape index (κ3) is 3.62. The van der Waals surface area contributed by atoms with E-state index >= 15 is 0 Å². The van der Waals surface area contributed by atoms with Crippen LogP contribution in [0.4, 0.5) is 0 Å². The van der Waals surface area contributed by atoms with Crippen LogP contribution in [-0.4, -0.2) is 26.4 Å². The molecule has 1 heterocycles. The molecule has 0 N–H and O–H groups in total. The van der Waals surface area contributed by atoms with Crippen molar-refractivity contribution < 1.29 is 9.47 Å². The van der Waals surface area contributed by atoms with Crippen LogP contribution in [0.5, 0.6) is 0 Å². The molecule has 1 aromatic carbocycles. The first-order chi connectivity index (χ1) is 7.97. The van der Waals surface area contributed by atoms with Gasteiger partial charge < -0.3 is 9.47 Å². The fourth-order valence-corrected chi connectivity index (χ4v) is 2.12. The lowest BCUT2D eigenvalue weighted by molar-refractivity contribution is -0.0334. The maximum Gasteiger partial charge on any atom is 0.0701 e. The van der Waals surface area contributed by atoms with E-state index in [2.05, 4.69) is 24.3 Å². The van der Waals surface area contributed by atoms with Crippen molar-refractivity contribution in [2.45, 2.75) is 25.7 Å². The van der Waals surface area contributed by atoms with Crippen molar-refractivity contribution >= 4 is 0 Å². The fraction of sp³-hybridized carbons (Fsp3) is 0.571. The first kappa shape index (κ1) is 11.6. The first-order valence-electron chi connectivity index (χ1n) is 6.19. The van der Waals surface area contributed by atoms with Crippen molar-refractivity contribution in [3.05, 3.63) is 35.4 Å². The van der Waals surface area contributed by atoms with E-state index < -0.39 is 0 Å². The quantitative estimate of drug-likeness (QED) is 0.669. The van der Waals surface area contributed by atoms with Gasteiger partial charge in [-0.1, -0.05) is 24.3 Å². The number of rotatable bonds is 0. The van der Waals surface area contributed by atoms with Crippen LogP contribution in [0, 0.1) is 0 Å². The summed E-state index contributed by atoms with van der Waals surface area (Å²) < 4.78 is 9.89. The predicted octanol–water partition coefficient (Wildman–Crippen LogP) is 2.60. The van der Waals surface area contributed by atoms with Crippen LogP contribution in [-0.2, 0) is 22.3 Å². The molecule has 2 nitrogen and oxygen atoms in total.